The Labute approximate surface area is 140 Å². The monoisotopic (exact) mass is 324 g/mol. The number of nitrogens with one attached hydrogen (secondary N) is 1. The van der Waals surface area contributed by atoms with Gasteiger partial charge in [0.05, 0.1) is 11.0 Å². The Morgan fingerprint density at radius 1 is 1.21 bits per heavy atom. The minimum Gasteiger partial charge on any atom is -0.382 e. The van der Waals surface area contributed by atoms with E-state index < -0.39 is 0 Å². The number of carbonyl (C=O) groups is 1. The predicted molar refractivity (Wildman–Crippen MR) is 93.0 cm³/mol. The van der Waals surface area contributed by atoms with E-state index in [1.165, 1.54) is 0 Å². The molecule has 6 nitrogen and oxygen atoms in total. The fraction of sp³-hybridized carbons (Fsp3) is 0.278. The van der Waals surface area contributed by atoms with E-state index in [4.69, 9.17) is 4.74 Å². The van der Waals surface area contributed by atoms with E-state index in [-0.39, 0.29) is 5.91 Å². The smallest absolute Gasteiger partial charge is 0.258 e. The summed E-state index contributed by atoms with van der Waals surface area (Å²) in [6.07, 6.45) is 4.05. The van der Waals surface area contributed by atoms with Crippen molar-refractivity contribution in [3.8, 4) is 0 Å². The highest BCUT2D eigenvalue weighted by molar-refractivity contribution is 6.04. The summed E-state index contributed by atoms with van der Waals surface area (Å²) >= 11 is 0. The van der Waals surface area contributed by atoms with Gasteiger partial charge >= 0.3 is 0 Å². The van der Waals surface area contributed by atoms with Crippen LogP contribution in [0.25, 0.3) is 11.0 Å². The molecule has 3 aromatic rings. The molecule has 0 atom stereocenters. The second-order valence-corrected chi connectivity index (χ2v) is 5.32. The molecule has 0 aliphatic heterocycles. The number of anilines is 1. The van der Waals surface area contributed by atoms with Crippen molar-refractivity contribution < 1.29 is 9.53 Å². The first-order valence-corrected chi connectivity index (χ1v) is 8.04. The number of aromatic nitrogens is 3. The zero-order valence-corrected chi connectivity index (χ0v) is 13.6. The quantitative estimate of drug-likeness (QED) is 0.678. The van der Waals surface area contributed by atoms with Crippen molar-refractivity contribution in [2.75, 3.05) is 18.5 Å². The van der Waals surface area contributed by atoms with E-state index in [1.54, 1.807) is 24.5 Å². The molecule has 6 heteroatoms. The molecular formula is C18H20N4O2. The van der Waals surface area contributed by atoms with Crippen molar-refractivity contribution in [1.29, 1.82) is 0 Å². The molecule has 2 heterocycles. The number of hydrogen-bond donors (Lipinski definition) is 1. The number of rotatable bonds is 7. The summed E-state index contributed by atoms with van der Waals surface area (Å²) < 4.78 is 7.43. The van der Waals surface area contributed by atoms with Gasteiger partial charge in [0, 0.05) is 37.7 Å². The van der Waals surface area contributed by atoms with Gasteiger partial charge in [0.15, 0.2) is 0 Å². The lowest BCUT2D eigenvalue weighted by molar-refractivity contribution is 0.102. The van der Waals surface area contributed by atoms with Crippen LogP contribution in [0.1, 0.15) is 23.7 Å². The summed E-state index contributed by atoms with van der Waals surface area (Å²) in [4.78, 5) is 20.9. The van der Waals surface area contributed by atoms with Gasteiger partial charge in [-0.1, -0.05) is 12.1 Å². The summed E-state index contributed by atoms with van der Waals surface area (Å²) in [6, 6.07) is 11.2. The molecule has 1 amide bonds. The Morgan fingerprint density at radius 2 is 2.00 bits per heavy atom. The molecule has 3 rings (SSSR count). The first kappa shape index (κ1) is 16.1. The number of fused-ring (bicyclic) bond motifs is 1. The predicted octanol–water partition coefficient (Wildman–Crippen LogP) is 3.11. The molecule has 0 saturated carbocycles. The number of aryl methyl sites for hydroxylation is 1. The van der Waals surface area contributed by atoms with E-state index in [9.17, 15) is 4.79 Å². The van der Waals surface area contributed by atoms with Gasteiger partial charge in [-0.15, -0.1) is 0 Å². The van der Waals surface area contributed by atoms with E-state index in [2.05, 4.69) is 15.3 Å². The number of carbonyl (C=O) groups excluding carboxylic acids is 1. The molecule has 0 radical (unpaired) electrons. The van der Waals surface area contributed by atoms with Crippen LogP contribution in [0.5, 0.6) is 0 Å². The van der Waals surface area contributed by atoms with Gasteiger partial charge in [-0.25, -0.2) is 4.98 Å². The number of pyridine rings is 1. The van der Waals surface area contributed by atoms with Gasteiger partial charge in [-0.05, 0) is 37.6 Å². The van der Waals surface area contributed by atoms with Crippen LogP contribution in [-0.4, -0.2) is 33.7 Å². The van der Waals surface area contributed by atoms with Gasteiger partial charge in [0.25, 0.3) is 5.91 Å². The van der Waals surface area contributed by atoms with E-state index in [0.717, 1.165) is 24.0 Å². The average Bonchev–Trinajstić information content (AvgIpc) is 2.97. The second-order valence-electron chi connectivity index (χ2n) is 5.32. The molecule has 0 fully saturated rings. The van der Waals surface area contributed by atoms with E-state index in [0.29, 0.717) is 24.7 Å². The molecule has 1 N–H and O–H groups in total. The summed E-state index contributed by atoms with van der Waals surface area (Å²) in [5.41, 5.74) is 2.41. The van der Waals surface area contributed by atoms with Crippen LogP contribution < -0.4 is 5.32 Å². The Morgan fingerprint density at radius 3 is 2.79 bits per heavy atom. The highest BCUT2D eigenvalue weighted by Gasteiger charge is 2.14. The maximum Gasteiger partial charge on any atom is 0.258 e. The third kappa shape index (κ3) is 3.60. The molecule has 0 aliphatic rings. The molecular weight excluding hydrogens is 304 g/mol. The van der Waals surface area contributed by atoms with Crippen molar-refractivity contribution >= 4 is 22.9 Å². The number of benzene rings is 1. The molecule has 1 aromatic carbocycles. The van der Waals surface area contributed by atoms with Crippen LogP contribution in [-0.2, 0) is 11.3 Å². The van der Waals surface area contributed by atoms with E-state index in [1.807, 2.05) is 35.8 Å². The van der Waals surface area contributed by atoms with Crippen LogP contribution in [0, 0.1) is 0 Å². The minimum atomic E-state index is -0.196. The highest BCUT2D eigenvalue weighted by atomic mass is 16.5. The molecule has 124 valence electrons. The summed E-state index contributed by atoms with van der Waals surface area (Å²) in [5, 5.41) is 2.90. The third-order valence-corrected chi connectivity index (χ3v) is 3.70. The fourth-order valence-corrected chi connectivity index (χ4v) is 2.54. The highest BCUT2D eigenvalue weighted by Crippen LogP contribution is 2.20. The summed E-state index contributed by atoms with van der Waals surface area (Å²) in [7, 11) is 0. The van der Waals surface area contributed by atoms with Crippen LogP contribution >= 0.6 is 0 Å². The lowest BCUT2D eigenvalue weighted by Gasteiger charge is -2.10. The van der Waals surface area contributed by atoms with Crippen LogP contribution in [0.4, 0.5) is 5.95 Å². The number of hydrogen-bond acceptors (Lipinski definition) is 4. The van der Waals surface area contributed by atoms with Crippen LogP contribution in [0.15, 0.2) is 48.8 Å². The van der Waals surface area contributed by atoms with Crippen molar-refractivity contribution in [1.82, 2.24) is 14.5 Å². The Kier molecular flexibility index (Phi) is 5.18. The summed E-state index contributed by atoms with van der Waals surface area (Å²) in [5.74, 6) is 0.355. The number of para-hydroxylation sites is 2. The Balaban J connectivity index is 1.84. The maximum atomic E-state index is 12.4. The van der Waals surface area contributed by atoms with Gasteiger partial charge in [-0.3, -0.25) is 15.1 Å². The number of ether oxygens (including phenoxy) is 1. The largest absolute Gasteiger partial charge is 0.382 e. The van der Waals surface area contributed by atoms with Crippen molar-refractivity contribution in [2.45, 2.75) is 19.9 Å². The molecule has 0 bridgehead atoms. The van der Waals surface area contributed by atoms with Gasteiger partial charge in [-0.2, -0.15) is 0 Å². The number of nitrogens with zero attached hydrogens (tertiary/aromatic N) is 3. The molecule has 24 heavy (non-hydrogen) atoms. The zero-order valence-electron chi connectivity index (χ0n) is 13.6. The lowest BCUT2D eigenvalue weighted by Crippen LogP contribution is -2.16. The van der Waals surface area contributed by atoms with Crippen molar-refractivity contribution in [3.05, 3.63) is 54.4 Å². The fourth-order valence-electron chi connectivity index (χ4n) is 2.54. The Hall–Kier alpha value is -2.73. The van der Waals surface area contributed by atoms with Crippen LogP contribution in [0.3, 0.4) is 0 Å². The number of imidazole rings is 1. The van der Waals surface area contributed by atoms with Crippen LogP contribution in [0.2, 0.25) is 0 Å². The van der Waals surface area contributed by atoms with E-state index >= 15 is 0 Å². The molecule has 0 saturated heterocycles. The van der Waals surface area contributed by atoms with Crippen molar-refractivity contribution in [2.24, 2.45) is 0 Å². The maximum absolute atomic E-state index is 12.4. The average molecular weight is 324 g/mol. The normalized spacial score (nSPS) is 10.9. The first-order chi connectivity index (χ1) is 11.8. The van der Waals surface area contributed by atoms with Gasteiger partial charge in [0.1, 0.15) is 0 Å². The SMILES string of the molecule is CCOCCCn1c(NC(=O)c2ccncc2)nc2ccccc21. The standard InChI is InChI=1S/C18H20N4O2/c1-2-24-13-5-12-22-16-7-4-3-6-15(16)20-18(22)21-17(23)14-8-10-19-11-9-14/h3-4,6-11H,2,5,12-13H2,1H3,(H,20,21,23). The molecule has 0 spiro atoms. The molecule has 0 aliphatic carbocycles. The molecule has 0 unspecified atom stereocenters. The summed E-state index contributed by atoms with van der Waals surface area (Å²) in [6.45, 7) is 4.09. The van der Waals surface area contributed by atoms with Gasteiger partial charge < -0.3 is 9.30 Å². The second kappa shape index (κ2) is 7.70. The lowest BCUT2D eigenvalue weighted by atomic mass is 10.2. The van der Waals surface area contributed by atoms with Gasteiger partial charge in [0.2, 0.25) is 5.95 Å². The minimum absolute atomic E-state index is 0.196. The molecule has 2 aromatic heterocycles. The van der Waals surface area contributed by atoms with Crippen molar-refractivity contribution in [3.63, 3.8) is 0 Å². The third-order valence-electron chi connectivity index (χ3n) is 3.70. The zero-order chi connectivity index (χ0) is 16.8. The number of amides is 1. The Bertz CT molecular complexity index is 814. The first-order valence-electron chi connectivity index (χ1n) is 8.04. The topological polar surface area (TPSA) is 69.0 Å².